The van der Waals surface area contributed by atoms with Crippen LogP contribution in [0.1, 0.15) is 35.0 Å². The second-order valence-electron chi connectivity index (χ2n) is 4.70. The lowest BCUT2D eigenvalue weighted by atomic mass is 10.1. The molecular weight excluding hydrogens is 254 g/mol. The van der Waals surface area contributed by atoms with Crippen molar-refractivity contribution in [1.29, 1.82) is 0 Å². The molecule has 0 saturated heterocycles. The third-order valence-corrected chi connectivity index (χ3v) is 3.18. The third kappa shape index (κ3) is 2.52. The van der Waals surface area contributed by atoms with E-state index in [0.717, 1.165) is 23.2 Å². The Morgan fingerprint density at radius 1 is 1.35 bits per heavy atom. The maximum Gasteiger partial charge on any atom is 0.358 e. The molecule has 2 rings (SSSR count). The quantitative estimate of drug-likeness (QED) is 0.869. The summed E-state index contributed by atoms with van der Waals surface area (Å²) in [5.41, 5.74) is 9.18. The molecule has 0 spiro atoms. The first-order valence-electron chi connectivity index (χ1n) is 6.61. The van der Waals surface area contributed by atoms with Crippen LogP contribution in [0.4, 0.5) is 5.82 Å². The van der Waals surface area contributed by atoms with Gasteiger partial charge in [-0.05, 0) is 25.5 Å². The molecule has 5 heteroatoms. The molecule has 0 radical (unpaired) electrons. The van der Waals surface area contributed by atoms with Crippen LogP contribution in [0.2, 0.25) is 0 Å². The van der Waals surface area contributed by atoms with Crippen LogP contribution in [0.5, 0.6) is 0 Å². The van der Waals surface area contributed by atoms with Crippen LogP contribution in [0.15, 0.2) is 24.3 Å². The highest BCUT2D eigenvalue weighted by Crippen LogP contribution is 2.23. The number of nitrogens with two attached hydrogens (primary N) is 1. The minimum atomic E-state index is -0.453. The van der Waals surface area contributed by atoms with Gasteiger partial charge < -0.3 is 10.5 Å². The zero-order chi connectivity index (χ0) is 14.7. The van der Waals surface area contributed by atoms with Crippen molar-refractivity contribution in [3.8, 4) is 5.69 Å². The van der Waals surface area contributed by atoms with Crippen molar-refractivity contribution < 1.29 is 9.53 Å². The van der Waals surface area contributed by atoms with Gasteiger partial charge in [0.2, 0.25) is 0 Å². The molecule has 0 bridgehead atoms. The molecular formula is C15H19N3O2. The van der Waals surface area contributed by atoms with E-state index in [1.165, 1.54) is 7.11 Å². The second kappa shape index (κ2) is 5.77. The molecule has 0 fully saturated rings. The number of hydrogen-bond acceptors (Lipinski definition) is 4. The van der Waals surface area contributed by atoms with E-state index in [-0.39, 0.29) is 0 Å². The molecule has 0 aliphatic rings. The van der Waals surface area contributed by atoms with Gasteiger partial charge in [-0.25, -0.2) is 9.48 Å². The SMILES string of the molecule is CCCc1c(C(=O)OC)nn(-c2ccc(C)cc2)c1N. The summed E-state index contributed by atoms with van der Waals surface area (Å²) >= 11 is 0. The molecule has 0 aliphatic carbocycles. The monoisotopic (exact) mass is 273 g/mol. The second-order valence-corrected chi connectivity index (χ2v) is 4.70. The number of carbonyl (C=O) groups is 1. The standard InChI is InChI=1S/C15H19N3O2/c1-4-5-12-13(15(19)20-3)17-18(14(12)16)11-8-6-10(2)7-9-11/h6-9H,4-5,16H2,1-3H3. The minimum absolute atomic E-state index is 0.299. The lowest BCUT2D eigenvalue weighted by Crippen LogP contribution is -2.06. The summed E-state index contributed by atoms with van der Waals surface area (Å²) in [4.78, 5) is 11.8. The first-order valence-corrected chi connectivity index (χ1v) is 6.61. The Balaban J connectivity index is 2.54. The Kier molecular flexibility index (Phi) is 4.08. The molecule has 0 unspecified atom stereocenters. The maximum absolute atomic E-state index is 11.8. The van der Waals surface area contributed by atoms with Crippen molar-refractivity contribution in [3.05, 3.63) is 41.1 Å². The summed E-state index contributed by atoms with van der Waals surface area (Å²) < 4.78 is 6.37. The number of aromatic nitrogens is 2. The number of benzene rings is 1. The number of ether oxygens (including phenoxy) is 1. The van der Waals surface area contributed by atoms with E-state index in [2.05, 4.69) is 5.10 Å². The Morgan fingerprint density at radius 2 is 2.00 bits per heavy atom. The van der Waals surface area contributed by atoms with Crippen LogP contribution >= 0.6 is 0 Å². The van der Waals surface area contributed by atoms with Crippen molar-refractivity contribution in [2.75, 3.05) is 12.8 Å². The lowest BCUT2D eigenvalue weighted by molar-refractivity contribution is 0.0592. The van der Waals surface area contributed by atoms with E-state index in [9.17, 15) is 4.79 Å². The van der Waals surface area contributed by atoms with Gasteiger partial charge >= 0.3 is 5.97 Å². The van der Waals surface area contributed by atoms with Gasteiger partial charge in [0.05, 0.1) is 12.8 Å². The number of rotatable bonds is 4. The van der Waals surface area contributed by atoms with Gasteiger partial charge in [-0.15, -0.1) is 0 Å². The Morgan fingerprint density at radius 3 is 2.55 bits per heavy atom. The average Bonchev–Trinajstić information content (AvgIpc) is 2.77. The van der Waals surface area contributed by atoms with Gasteiger partial charge in [0, 0.05) is 5.56 Å². The zero-order valence-corrected chi connectivity index (χ0v) is 12.0. The van der Waals surface area contributed by atoms with Gasteiger partial charge in [0.15, 0.2) is 5.69 Å². The van der Waals surface area contributed by atoms with Gasteiger partial charge in [-0.3, -0.25) is 0 Å². The highest BCUT2D eigenvalue weighted by molar-refractivity contribution is 5.90. The largest absolute Gasteiger partial charge is 0.464 e. The fraction of sp³-hybridized carbons (Fsp3) is 0.333. The number of hydrogen-bond donors (Lipinski definition) is 1. The smallest absolute Gasteiger partial charge is 0.358 e. The van der Waals surface area contributed by atoms with Gasteiger partial charge in [0.25, 0.3) is 0 Å². The van der Waals surface area contributed by atoms with Gasteiger partial charge in [-0.1, -0.05) is 31.0 Å². The van der Waals surface area contributed by atoms with Crippen LogP contribution < -0.4 is 5.73 Å². The predicted octanol–water partition coefficient (Wildman–Crippen LogP) is 2.50. The summed E-state index contributed by atoms with van der Waals surface area (Å²) in [5, 5.41) is 4.32. The topological polar surface area (TPSA) is 70.1 Å². The number of aryl methyl sites for hydroxylation is 1. The van der Waals surface area contributed by atoms with E-state index in [4.69, 9.17) is 10.5 Å². The molecule has 1 heterocycles. The number of nitrogens with zero attached hydrogens (tertiary/aromatic N) is 2. The predicted molar refractivity (Wildman–Crippen MR) is 78.0 cm³/mol. The number of nitrogen functional groups attached to an aromatic ring is 1. The van der Waals surface area contributed by atoms with Crippen molar-refractivity contribution in [1.82, 2.24) is 9.78 Å². The minimum Gasteiger partial charge on any atom is -0.464 e. The maximum atomic E-state index is 11.8. The van der Waals surface area contributed by atoms with E-state index in [0.29, 0.717) is 17.9 Å². The molecule has 0 amide bonds. The van der Waals surface area contributed by atoms with Crippen LogP contribution in [0, 0.1) is 6.92 Å². The van der Waals surface area contributed by atoms with Crippen molar-refractivity contribution in [2.45, 2.75) is 26.7 Å². The lowest BCUT2D eigenvalue weighted by Gasteiger charge is -2.05. The molecule has 20 heavy (non-hydrogen) atoms. The summed E-state index contributed by atoms with van der Waals surface area (Å²) in [5.74, 6) is 0.0436. The summed E-state index contributed by atoms with van der Waals surface area (Å²) in [6.07, 6.45) is 1.58. The zero-order valence-electron chi connectivity index (χ0n) is 12.0. The van der Waals surface area contributed by atoms with Crippen LogP contribution in [-0.4, -0.2) is 22.9 Å². The molecule has 0 saturated carbocycles. The number of methoxy groups -OCH3 is 1. The molecule has 1 aromatic carbocycles. The summed E-state index contributed by atoms with van der Waals surface area (Å²) in [7, 11) is 1.35. The molecule has 106 valence electrons. The Hall–Kier alpha value is -2.30. The highest BCUT2D eigenvalue weighted by atomic mass is 16.5. The number of carbonyl (C=O) groups excluding carboxylic acids is 1. The van der Waals surface area contributed by atoms with E-state index >= 15 is 0 Å². The molecule has 2 aromatic rings. The Bertz CT molecular complexity index is 615. The normalized spacial score (nSPS) is 10.6. The van der Waals surface area contributed by atoms with Crippen molar-refractivity contribution in [2.24, 2.45) is 0 Å². The van der Waals surface area contributed by atoms with Crippen molar-refractivity contribution >= 4 is 11.8 Å². The fourth-order valence-corrected chi connectivity index (χ4v) is 2.10. The van der Waals surface area contributed by atoms with Crippen LogP contribution in [0.25, 0.3) is 5.69 Å². The number of esters is 1. The first-order chi connectivity index (χ1) is 9.58. The third-order valence-electron chi connectivity index (χ3n) is 3.18. The Labute approximate surface area is 118 Å². The van der Waals surface area contributed by atoms with Crippen molar-refractivity contribution in [3.63, 3.8) is 0 Å². The summed E-state index contributed by atoms with van der Waals surface area (Å²) in [6.45, 7) is 4.04. The van der Waals surface area contributed by atoms with E-state index in [1.54, 1.807) is 4.68 Å². The van der Waals surface area contributed by atoms with Gasteiger partial charge in [-0.2, -0.15) is 5.10 Å². The molecule has 5 nitrogen and oxygen atoms in total. The van der Waals surface area contributed by atoms with Crippen LogP contribution in [0.3, 0.4) is 0 Å². The van der Waals surface area contributed by atoms with E-state index in [1.807, 2.05) is 38.1 Å². The van der Waals surface area contributed by atoms with Gasteiger partial charge in [0.1, 0.15) is 5.82 Å². The molecule has 0 atom stereocenters. The number of anilines is 1. The highest BCUT2D eigenvalue weighted by Gasteiger charge is 2.21. The fourth-order valence-electron chi connectivity index (χ4n) is 2.10. The van der Waals surface area contributed by atoms with E-state index < -0.39 is 5.97 Å². The molecule has 1 aromatic heterocycles. The molecule has 0 aliphatic heterocycles. The average molecular weight is 273 g/mol. The first kappa shape index (κ1) is 14.1. The summed E-state index contributed by atoms with van der Waals surface area (Å²) in [6, 6.07) is 7.81. The van der Waals surface area contributed by atoms with Crippen LogP contribution in [-0.2, 0) is 11.2 Å². The molecule has 2 N–H and O–H groups in total.